The summed E-state index contributed by atoms with van der Waals surface area (Å²) in [4.78, 5) is 16.3. The molecule has 6 nitrogen and oxygen atoms in total. The molecule has 0 amide bonds. The lowest BCUT2D eigenvalue weighted by atomic mass is 10.1. The number of guanidine groups is 1. The van der Waals surface area contributed by atoms with Gasteiger partial charge in [-0.15, -0.1) is 35.3 Å². The van der Waals surface area contributed by atoms with E-state index in [1.807, 2.05) is 24.4 Å². The first-order chi connectivity index (χ1) is 9.99. The molecule has 1 unspecified atom stereocenters. The number of halogens is 1. The minimum absolute atomic E-state index is 0. The molecule has 0 aliphatic heterocycles. The number of esters is 1. The smallest absolute Gasteiger partial charge is 0.307 e. The molecule has 3 N–H and O–H groups in total. The van der Waals surface area contributed by atoms with E-state index in [1.54, 1.807) is 6.92 Å². The molecule has 1 heterocycles. The highest BCUT2D eigenvalue weighted by atomic mass is 127. The zero-order valence-electron chi connectivity index (χ0n) is 13.1. The third-order valence-electron chi connectivity index (χ3n) is 2.79. The Morgan fingerprint density at radius 1 is 1.50 bits per heavy atom. The second-order valence-electron chi connectivity index (χ2n) is 4.70. The van der Waals surface area contributed by atoms with Crippen LogP contribution in [0.2, 0.25) is 0 Å². The van der Waals surface area contributed by atoms with E-state index in [2.05, 4.69) is 20.4 Å². The lowest BCUT2D eigenvalue weighted by molar-refractivity contribution is -0.140. The van der Waals surface area contributed by atoms with Gasteiger partial charge in [0.2, 0.25) is 0 Å². The van der Waals surface area contributed by atoms with Gasteiger partial charge in [0.25, 0.3) is 0 Å². The Balaban J connectivity index is 0.00000441. The van der Waals surface area contributed by atoms with Gasteiger partial charge in [0.1, 0.15) is 5.60 Å². The molecule has 126 valence electrons. The summed E-state index contributed by atoms with van der Waals surface area (Å²) in [5.74, 6) is 0.294. The zero-order valence-corrected chi connectivity index (χ0v) is 16.2. The lowest BCUT2D eigenvalue weighted by Gasteiger charge is -2.20. The van der Waals surface area contributed by atoms with E-state index >= 15 is 0 Å². The first kappa shape index (κ1) is 21.1. The van der Waals surface area contributed by atoms with E-state index in [0.29, 0.717) is 19.0 Å². The summed E-state index contributed by atoms with van der Waals surface area (Å²) in [6.07, 6.45) is 0.266. The quantitative estimate of drug-likeness (QED) is 0.260. The van der Waals surface area contributed by atoms with Gasteiger partial charge in [-0.25, -0.2) is 4.99 Å². The van der Waals surface area contributed by atoms with E-state index in [9.17, 15) is 9.90 Å². The van der Waals surface area contributed by atoms with Gasteiger partial charge in [-0.1, -0.05) is 6.07 Å². The van der Waals surface area contributed by atoms with Gasteiger partial charge in [0.05, 0.1) is 20.1 Å². The number of nitrogens with one attached hydrogen (secondary N) is 2. The number of aliphatic imine (C=N–C) groups is 1. The molecule has 8 heteroatoms. The van der Waals surface area contributed by atoms with Crippen molar-refractivity contribution in [1.82, 2.24) is 10.6 Å². The Labute approximate surface area is 152 Å². The molecule has 1 rings (SSSR count). The fraction of sp³-hybridized carbons (Fsp3) is 0.571. The van der Waals surface area contributed by atoms with Gasteiger partial charge in [-0.2, -0.15) is 0 Å². The standard InChI is InChI=1S/C14H23N3O3S.HI/c1-4-15-13(16-8-7-12(18)20-3)17-10-14(2,19)11-6-5-9-21-11;/h5-6,9,19H,4,7-8,10H2,1-3H3,(H2,15,16,17);1H. The van der Waals surface area contributed by atoms with Crippen LogP contribution in [0.4, 0.5) is 0 Å². The molecule has 0 radical (unpaired) electrons. The van der Waals surface area contributed by atoms with E-state index in [4.69, 9.17) is 0 Å². The molecular weight excluding hydrogens is 417 g/mol. The maximum absolute atomic E-state index is 11.1. The van der Waals surface area contributed by atoms with Crippen molar-refractivity contribution < 1.29 is 14.6 Å². The Morgan fingerprint density at radius 3 is 2.77 bits per heavy atom. The molecule has 0 fully saturated rings. The SMILES string of the molecule is CCNC(=NCC(C)(O)c1cccs1)NCCC(=O)OC.I. The number of hydrogen-bond acceptors (Lipinski definition) is 5. The number of methoxy groups -OCH3 is 1. The number of carbonyl (C=O) groups is 1. The van der Waals surface area contributed by atoms with Crippen LogP contribution >= 0.6 is 35.3 Å². The Morgan fingerprint density at radius 2 is 2.23 bits per heavy atom. The van der Waals surface area contributed by atoms with Crippen molar-refractivity contribution in [3.63, 3.8) is 0 Å². The number of thiophene rings is 1. The largest absolute Gasteiger partial charge is 0.469 e. The average molecular weight is 441 g/mol. The molecule has 0 bridgehead atoms. The minimum Gasteiger partial charge on any atom is -0.469 e. The fourth-order valence-electron chi connectivity index (χ4n) is 1.62. The molecule has 1 aromatic rings. The molecule has 0 saturated carbocycles. The number of aliphatic hydroxyl groups is 1. The second kappa shape index (κ2) is 10.8. The number of nitrogens with zero attached hydrogens (tertiary/aromatic N) is 1. The van der Waals surface area contributed by atoms with E-state index in [0.717, 1.165) is 4.88 Å². The lowest BCUT2D eigenvalue weighted by Crippen LogP contribution is -2.39. The van der Waals surface area contributed by atoms with Crippen LogP contribution in [0.3, 0.4) is 0 Å². The van der Waals surface area contributed by atoms with Crippen LogP contribution < -0.4 is 10.6 Å². The number of hydrogen-bond donors (Lipinski definition) is 3. The maximum Gasteiger partial charge on any atom is 0.307 e. The summed E-state index contributed by atoms with van der Waals surface area (Å²) in [6, 6.07) is 3.79. The first-order valence-electron chi connectivity index (χ1n) is 6.85. The Hall–Kier alpha value is -0.870. The van der Waals surface area contributed by atoms with Crippen molar-refractivity contribution in [2.45, 2.75) is 25.9 Å². The van der Waals surface area contributed by atoms with Gasteiger partial charge in [-0.05, 0) is 25.3 Å². The summed E-state index contributed by atoms with van der Waals surface area (Å²) in [5, 5.41) is 18.4. The Kier molecular flexibility index (Phi) is 10.4. The normalized spacial score (nSPS) is 13.7. The van der Waals surface area contributed by atoms with Crippen LogP contribution in [0, 0.1) is 0 Å². The minimum atomic E-state index is -1.00. The molecule has 0 spiro atoms. The highest BCUT2D eigenvalue weighted by molar-refractivity contribution is 14.0. The summed E-state index contributed by atoms with van der Waals surface area (Å²) < 4.78 is 4.58. The second-order valence-corrected chi connectivity index (χ2v) is 5.65. The van der Waals surface area contributed by atoms with Gasteiger partial charge in [0, 0.05) is 18.0 Å². The van der Waals surface area contributed by atoms with Crippen molar-refractivity contribution >= 4 is 47.2 Å². The van der Waals surface area contributed by atoms with Crippen LogP contribution in [0.25, 0.3) is 0 Å². The summed E-state index contributed by atoms with van der Waals surface area (Å²) in [5.41, 5.74) is -1.00. The number of carbonyl (C=O) groups excluding carboxylic acids is 1. The Bertz CT molecular complexity index is 464. The fourth-order valence-corrected chi connectivity index (χ4v) is 2.40. The predicted octanol–water partition coefficient (Wildman–Crippen LogP) is 1.69. The topological polar surface area (TPSA) is 83.0 Å². The van der Waals surface area contributed by atoms with Gasteiger partial charge >= 0.3 is 5.97 Å². The third kappa shape index (κ3) is 7.41. The molecule has 0 aromatic carbocycles. The third-order valence-corrected chi connectivity index (χ3v) is 3.91. The average Bonchev–Trinajstić information content (AvgIpc) is 2.99. The van der Waals surface area contributed by atoms with Gasteiger partial charge < -0.3 is 20.5 Å². The molecular formula is C14H24IN3O3S. The van der Waals surface area contributed by atoms with E-state index < -0.39 is 5.60 Å². The van der Waals surface area contributed by atoms with Crippen LogP contribution in [0.1, 0.15) is 25.1 Å². The first-order valence-corrected chi connectivity index (χ1v) is 7.73. The van der Waals surface area contributed by atoms with Crippen LogP contribution in [-0.2, 0) is 15.1 Å². The summed E-state index contributed by atoms with van der Waals surface area (Å²) in [6.45, 7) is 5.06. The zero-order chi connectivity index (χ0) is 15.7. The molecule has 0 saturated heterocycles. The number of rotatable bonds is 7. The molecule has 22 heavy (non-hydrogen) atoms. The van der Waals surface area contributed by atoms with Crippen molar-refractivity contribution in [2.24, 2.45) is 4.99 Å². The van der Waals surface area contributed by atoms with Crippen molar-refractivity contribution in [2.75, 3.05) is 26.7 Å². The van der Waals surface area contributed by atoms with Gasteiger partial charge in [-0.3, -0.25) is 4.79 Å². The molecule has 0 aliphatic carbocycles. The monoisotopic (exact) mass is 441 g/mol. The molecule has 1 aromatic heterocycles. The number of ether oxygens (including phenoxy) is 1. The van der Waals surface area contributed by atoms with Crippen molar-refractivity contribution in [1.29, 1.82) is 0 Å². The van der Waals surface area contributed by atoms with Crippen molar-refractivity contribution in [3.05, 3.63) is 22.4 Å². The molecule has 0 aliphatic rings. The summed E-state index contributed by atoms with van der Waals surface area (Å²) in [7, 11) is 1.36. The predicted molar refractivity (Wildman–Crippen MR) is 99.9 cm³/mol. The van der Waals surface area contributed by atoms with Crippen LogP contribution in [-0.4, -0.2) is 43.8 Å². The molecule has 1 atom stereocenters. The van der Waals surface area contributed by atoms with Crippen LogP contribution in [0.15, 0.2) is 22.5 Å². The van der Waals surface area contributed by atoms with E-state index in [-0.39, 0.29) is 42.9 Å². The van der Waals surface area contributed by atoms with Gasteiger partial charge in [0.15, 0.2) is 5.96 Å². The maximum atomic E-state index is 11.1. The summed E-state index contributed by atoms with van der Waals surface area (Å²) >= 11 is 1.50. The van der Waals surface area contributed by atoms with Crippen LogP contribution in [0.5, 0.6) is 0 Å². The van der Waals surface area contributed by atoms with E-state index in [1.165, 1.54) is 18.4 Å². The highest BCUT2D eigenvalue weighted by Gasteiger charge is 2.23. The highest BCUT2D eigenvalue weighted by Crippen LogP contribution is 2.25. The van der Waals surface area contributed by atoms with Crippen molar-refractivity contribution in [3.8, 4) is 0 Å².